The third-order valence-corrected chi connectivity index (χ3v) is 9.30. The zero-order chi connectivity index (χ0) is 24.6. The summed E-state index contributed by atoms with van der Waals surface area (Å²) in [7, 11) is -5.95. The van der Waals surface area contributed by atoms with Crippen LogP contribution in [0.2, 0.25) is 0 Å². The second-order valence-corrected chi connectivity index (χ2v) is 14.0. The minimum Gasteiger partial charge on any atom is -0.306 e. The molecule has 0 aromatic heterocycles. The van der Waals surface area contributed by atoms with Gasteiger partial charge in [-0.2, -0.15) is 0 Å². The SMILES string of the molecule is CC(C)OP(=O)(CCCCCCCCCCCCP(=O)(OC(C)C)OC(C)C)OC(C)C. The van der Waals surface area contributed by atoms with E-state index in [9.17, 15) is 9.13 Å². The summed E-state index contributed by atoms with van der Waals surface area (Å²) in [6.45, 7) is 15.2. The molecule has 0 fully saturated rings. The second kappa shape index (κ2) is 17.7. The average molecular weight is 499 g/mol. The first-order valence-corrected chi connectivity index (χ1v) is 16.2. The van der Waals surface area contributed by atoms with Crippen LogP contribution in [0.3, 0.4) is 0 Å². The van der Waals surface area contributed by atoms with Crippen LogP contribution in [0.1, 0.15) is 120 Å². The van der Waals surface area contributed by atoms with Crippen molar-refractivity contribution in [2.75, 3.05) is 12.3 Å². The average Bonchev–Trinajstić information content (AvgIpc) is 2.59. The Morgan fingerprint density at radius 3 is 0.781 bits per heavy atom. The van der Waals surface area contributed by atoms with Gasteiger partial charge in [0, 0.05) is 0 Å². The summed E-state index contributed by atoms with van der Waals surface area (Å²) in [5.74, 6) is 0. The Kier molecular flexibility index (Phi) is 17.9. The first-order valence-electron chi connectivity index (χ1n) is 12.8. The lowest BCUT2D eigenvalue weighted by Crippen LogP contribution is -2.10. The minimum atomic E-state index is -2.97. The van der Waals surface area contributed by atoms with E-state index in [1.807, 2.05) is 55.4 Å². The van der Waals surface area contributed by atoms with Crippen molar-refractivity contribution in [1.82, 2.24) is 0 Å². The van der Waals surface area contributed by atoms with E-state index < -0.39 is 15.2 Å². The van der Waals surface area contributed by atoms with Crippen LogP contribution < -0.4 is 0 Å². The number of rotatable bonds is 21. The Hall–Kier alpha value is 0.300. The van der Waals surface area contributed by atoms with Gasteiger partial charge in [0.25, 0.3) is 0 Å². The Morgan fingerprint density at radius 2 is 0.594 bits per heavy atom. The molecule has 32 heavy (non-hydrogen) atoms. The molecule has 0 N–H and O–H groups in total. The zero-order valence-corrected chi connectivity index (χ0v) is 23.9. The molecular formula is C24H52O6P2. The van der Waals surface area contributed by atoms with E-state index in [1.54, 1.807) is 0 Å². The molecule has 0 aromatic rings. The molecule has 8 heteroatoms. The van der Waals surface area contributed by atoms with Gasteiger partial charge in [0.2, 0.25) is 0 Å². The van der Waals surface area contributed by atoms with Gasteiger partial charge < -0.3 is 18.1 Å². The maximum absolute atomic E-state index is 12.8. The molecule has 0 aliphatic carbocycles. The van der Waals surface area contributed by atoms with Crippen LogP contribution in [-0.2, 0) is 27.2 Å². The highest BCUT2D eigenvalue weighted by atomic mass is 31.2. The first-order chi connectivity index (χ1) is 14.9. The topological polar surface area (TPSA) is 71.1 Å². The molecule has 0 saturated heterocycles. The van der Waals surface area contributed by atoms with Gasteiger partial charge in [-0.1, -0.05) is 51.4 Å². The second-order valence-electron chi connectivity index (χ2n) is 9.82. The Morgan fingerprint density at radius 1 is 0.406 bits per heavy atom. The van der Waals surface area contributed by atoms with E-state index in [0.29, 0.717) is 12.3 Å². The van der Waals surface area contributed by atoms with Crippen LogP contribution in [0.4, 0.5) is 0 Å². The molecule has 0 atom stereocenters. The Labute approximate surface area is 199 Å². The summed E-state index contributed by atoms with van der Waals surface area (Å²) in [6.07, 6.45) is 11.8. The van der Waals surface area contributed by atoms with Gasteiger partial charge in [-0.25, -0.2) is 0 Å². The van der Waals surface area contributed by atoms with Crippen molar-refractivity contribution in [3.8, 4) is 0 Å². The summed E-state index contributed by atoms with van der Waals surface area (Å²) >= 11 is 0. The highest BCUT2D eigenvalue weighted by molar-refractivity contribution is 7.54. The van der Waals surface area contributed by atoms with Crippen LogP contribution in [0, 0.1) is 0 Å². The highest BCUT2D eigenvalue weighted by Crippen LogP contribution is 2.52. The molecule has 0 bridgehead atoms. The minimum absolute atomic E-state index is 0.0861. The van der Waals surface area contributed by atoms with E-state index in [0.717, 1.165) is 38.5 Å². The molecule has 0 unspecified atom stereocenters. The molecule has 0 amide bonds. The molecule has 0 radical (unpaired) electrons. The normalized spacial score (nSPS) is 13.2. The van der Waals surface area contributed by atoms with Crippen LogP contribution in [0.5, 0.6) is 0 Å². The molecule has 0 saturated carbocycles. The fourth-order valence-corrected chi connectivity index (χ4v) is 7.88. The summed E-state index contributed by atoms with van der Waals surface area (Å²) in [4.78, 5) is 0. The van der Waals surface area contributed by atoms with Gasteiger partial charge in [0.1, 0.15) is 0 Å². The van der Waals surface area contributed by atoms with Crippen molar-refractivity contribution in [3.63, 3.8) is 0 Å². The molecule has 0 heterocycles. The van der Waals surface area contributed by atoms with Crippen molar-refractivity contribution in [2.45, 2.75) is 144 Å². The predicted octanol–water partition coefficient (Wildman–Crippen LogP) is 8.97. The largest absolute Gasteiger partial charge is 0.331 e. The maximum Gasteiger partial charge on any atom is 0.331 e. The van der Waals surface area contributed by atoms with Crippen LogP contribution in [-0.4, -0.2) is 36.7 Å². The zero-order valence-electron chi connectivity index (χ0n) is 22.1. The number of unbranched alkanes of at least 4 members (excludes halogenated alkanes) is 9. The highest BCUT2D eigenvalue weighted by Gasteiger charge is 2.27. The molecular weight excluding hydrogens is 446 g/mol. The van der Waals surface area contributed by atoms with E-state index in [-0.39, 0.29) is 24.4 Å². The quantitative estimate of drug-likeness (QED) is 0.116. The Bertz CT molecular complexity index is 473. The molecule has 0 rings (SSSR count). The summed E-state index contributed by atoms with van der Waals surface area (Å²) in [5, 5.41) is 0. The summed E-state index contributed by atoms with van der Waals surface area (Å²) in [5.41, 5.74) is 0. The van der Waals surface area contributed by atoms with Crippen LogP contribution in [0.25, 0.3) is 0 Å². The van der Waals surface area contributed by atoms with Gasteiger partial charge >= 0.3 is 15.2 Å². The maximum atomic E-state index is 12.8. The lowest BCUT2D eigenvalue weighted by atomic mass is 10.1. The van der Waals surface area contributed by atoms with Crippen LogP contribution in [0.15, 0.2) is 0 Å². The first kappa shape index (κ1) is 32.3. The van der Waals surface area contributed by atoms with Gasteiger partial charge in [-0.05, 0) is 68.2 Å². The van der Waals surface area contributed by atoms with Crippen molar-refractivity contribution in [1.29, 1.82) is 0 Å². The van der Waals surface area contributed by atoms with Gasteiger partial charge in [0.05, 0.1) is 36.7 Å². The van der Waals surface area contributed by atoms with Gasteiger partial charge in [0.15, 0.2) is 0 Å². The van der Waals surface area contributed by atoms with E-state index in [1.165, 1.54) is 25.7 Å². The molecule has 0 spiro atoms. The summed E-state index contributed by atoms with van der Waals surface area (Å²) in [6, 6.07) is 0. The van der Waals surface area contributed by atoms with Gasteiger partial charge in [-0.15, -0.1) is 0 Å². The van der Waals surface area contributed by atoms with E-state index >= 15 is 0 Å². The van der Waals surface area contributed by atoms with Crippen molar-refractivity contribution >= 4 is 15.2 Å². The van der Waals surface area contributed by atoms with E-state index in [2.05, 4.69) is 0 Å². The van der Waals surface area contributed by atoms with Crippen LogP contribution >= 0.6 is 15.2 Å². The number of hydrogen-bond acceptors (Lipinski definition) is 6. The lowest BCUT2D eigenvalue weighted by Gasteiger charge is -2.22. The molecule has 0 aliphatic rings. The third-order valence-electron chi connectivity index (χ3n) is 4.60. The van der Waals surface area contributed by atoms with E-state index in [4.69, 9.17) is 18.1 Å². The van der Waals surface area contributed by atoms with Crippen molar-refractivity contribution < 1.29 is 27.2 Å². The van der Waals surface area contributed by atoms with Crippen molar-refractivity contribution in [3.05, 3.63) is 0 Å². The fourth-order valence-electron chi connectivity index (χ4n) is 3.57. The predicted molar refractivity (Wildman–Crippen MR) is 136 cm³/mol. The van der Waals surface area contributed by atoms with Crippen molar-refractivity contribution in [2.24, 2.45) is 0 Å². The van der Waals surface area contributed by atoms with Gasteiger partial charge in [-0.3, -0.25) is 9.13 Å². The third kappa shape index (κ3) is 18.7. The lowest BCUT2D eigenvalue weighted by molar-refractivity contribution is 0.141. The molecule has 0 aromatic carbocycles. The smallest absolute Gasteiger partial charge is 0.306 e. The molecule has 0 aliphatic heterocycles. The monoisotopic (exact) mass is 498 g/mol. The fraction of sp³-hybridized carbons (Fsp3) is 1.00. The summed E-state index contributed by atoms with van der Waals surface area (Å²) < 4.78 is 48.0. The number of hydrogen-bond donors (Lipinski definition) is 0. The Balaban J connectivity index is 3.83. The molecule has 6 nitrogen and oxygen atoms in total. The standard InChI is InChI=1S/C24H52O6P2/c1-21(2)27-31(25,28-22(3)4)19-17-15-13-11-9-10-12-14-16-18-20-32(26,29-23(5)6)30-24(7)8/h21-24H,9-20H2,1-8H3. The molecule has 194 valence electrons.